The van der Waals surface area contributed by atoms with Crippen molar-refractivity contribution in [1.29, 1.82) is 0 Å². The van der Waals surface area contributed by atoms with Gasteiger partial charge in [0.05, 0.1) is 17.8 Å². The Morgan fingerprint density at radius 2 is 1.91 bits per heavy atom. The Morgan fingerprint density at radius 1 is 1.23 bits per heavy atom. The van der Waals surface area contributed by atoms with Crippen LogP contribution in [0.25, 0.3) is 0 Å². The van der Waals surface area contributed by atoms with Crippen molar-refractivity contribution < 1.29 is 13.2 Å². The van der Waals surface area contributed by atoms with E-state index in [1.165, 1.54) is 19.2 Å². The number of sulfonamides is 1. The number of methoxy groups -OCH3 is 1. The Kier molecular flexibility index (Phi) is 5.18. The Bertz CT molecular complexity index is 771. The van der Waals surface area contributed by atoms with Gasteiger partial charge in [0.15, 0.2) is 0 Å². The lowest BCUT2D eigenvalue weighted by Gasteiger charge is -2.13. The second kappa shape index (κ2) is 6.75. The summed E-state index contributed by atoms with van der Waals surface area (Å²) in [5.74, 6) is 0.584. The van der Waals surface area contributed by atoms with Gasteiger partial charge < -0.3 is 10.5 Å². The van der Waals surface area contributed by atoms with Gasteiger partial charge in [0.25, 0.3) is 0 Å². The molecule has 0 spiro atoms. The van der Waals surface area contributed by atoms with Crippen LogP contribution >= 0.6 is 23.2 Å². The highest BCUT2D eigenvalue weighted by Gasteiger charge is 2.22. The number of hydrogen-bond donors (Lipinski definition) is 2. The fraction of sp³-hybridized carbons (Fsp3) is 0.143. The summed E-state index contributed by atoms with van der Waals surface area (Å²) in [6.07, 6.45) is 0. The van der Waals surface area contributed by atoms with Gasteiger partial charge in [-0.3, -0.25) is 0 Å². The monoisotopic (exact) mass is 360 g/mol. The summed E-state index contributed by atoms with van der Waals surface area (Å²) in [5, 5.41) is 0.240. The van der Waals surface area contributed by atoms with E-state index in [1.54, 1.807) is 24.3 Å². The number of halogens is 2. The summed E-state index contributed by atoms with van der Waals surface area (Å²) < 4.78 is 32.4. The lowest BCUT2D eigenvalue weighted by Crippen LogP contribution is -2.24. The van der Waals surface area contributed by atoms with Crippen LogP contribution in [0.15, 0.2) is 41.3 Å². The summed E-state index contributed by atoms with van der Waals surface area (Å²) in [6, 6.07) is 9.75. The number of anilines is 1. The van der Waals surface area contributed by atoms with Crippen LogP contribution in [0.3, 0.4) is 0 Å². The second-order valence-electron chi connectivity index (χ2n) is 4.44. The van der Waals surface area contributed by atoms with Crippen molar-refractivity contribution in [1.82, 2.24) is 4.72 Å². The Labute approximate surface area is 139 Å². The number of nitrogens with two attached hydrogens (primary N) is 1. The number of nitrogens with one attached hydrogen (secondary N) is 1. The molecule has 0 aliphatic rings. The van der Waals surface area contributed by atoms with E-state index in [1.807, 2.05) is 0 Å². The van der Waals surface area contributed by atoms with E-state index in [0.717, 1.165) is 0 Å². The molecule has 0 fully saturated rings. The second-order valence-corrected chi connectivity index (χ2v) is 6.99. The van der Waals surface area contributed by atoms with E-state index in [2.05, 4.69) is 4.72 Å². The van der Waals surface area contributed by atoms with Gasteiger partial charge in [-0.05, 0) is 18.2 Å². The van der Waals surface area contributed by atoms with Gasteiger partial charge in [0.2, 0.25) is 10.0 Å². The summed E-state index contributed by atoms with van der Waals surface area (Å²) in [7, 11) is -2.37. The van der Waals surface area contributed by atoms with Crippen LogP contribution < -0.4 is 15.2 Å². The molecule has 0 unspecified atom stereocenters. The molecule has 2 rings (SSSR count). The molecule has 0 aliphatic heterocycles. The number of benzene rings is 2. The molecule has 8 heteroatoms. The topological polar surface area (TPSA) is 81.4 Å². The standard InChI is InChI=1S/C14H14Cl2N2O3S/c1-21-13-5-3-2-4-9(13)8-18-22(19,20)14-11(16)6-10(15)7-12(14)17/h2-7,18H,8,17H2,1H3. The van der Waals surface area contributed by atoms with Gasteiger partial charge in [-0.25, -0.2) is 13.1 Å². The van der Waals surface area contributed by atoms with Crippen molar-refractivity contribution >= 4 is 38.9 Å². The van der Waals surface area contributed by atoms with Crippen LogP contribution in [-0.4, -0.2) is 15.5 Å². The van der Waals surface area contributed by atoms with Crippen LogP contribution in [0, 0.1) is 0 Å². The smallest absolute Gasteiger partial charge is 0.244 e. The van der Waals surface area contributed by atoms with E-state index in [9.17, 15) is 8.42 Å². The molecule has 0 saturated carbocycles. The van der Waals surface area contributed by atoms with Gasteiger partial charge in [-0.1, -0.05) is 41.4 Å². The summed E-state index contributed by atoms with van der Waals surface area (Å²) >= 11 is 11.7. The minimum Gasteiger partial charge on any atom is -0.496 e. The zero-order valence-electron chi connectivity index (χ0n) is 11.6. The zero-order valence-corrected chi connectivity index (χ0v) is 14.0. The Hall–Kier alpha value is -1.47. The summed E-state index contributed by atoms with van der Waals surface area (Å²) in [4.78, 5) is -0.187. The Balaban J connectivity index is 2.29. The van der Waals surface area contributed by atoms with Crippen molar-refractivity contribution in [3.05, 3.63) is 52.0 Å². The molecule has 118 valence electrons. The largest absolute Gasteiger partial charge is 0.496 e. The van der Waals surface area contributed by atoms with Gasteiger partial charge in [-0.2, -0.15) is 0 Å². The normalized spacial score (nSPS) is 11.4. The molecule has 0 aliphatic carbocycles. The first-order valence-corrected chi connectivity index (χ1v) is 8.45. The molecule has 0 heterocycles. The van der Waals surface area contributed by atoms with E-state index in [0.29, 0.717) is 11.3 Å². The molecular formula is C14H14Cl2N2O3S. The highest BCUT2D eigenvalue weighted by atomic mass is 35.5. The number of para-hydroxylation sites is 1. The minimum atomic E-state index is -3.88. The molecule has 22 heavy (non-hydrogen) atoms. The molecule has 3 N–H and O–H groups in total. The van der Waals surface area contributed by atoms with Gasteiger partial charge in [0.1, 0.15) is 10.6 Å². The average Bonchev–Trinajstić information content (AvgIpc) is 2.44. The minimum absolute atomic E-state index is 0.00923. The molecule has 0 bridgehead atoms. The van der Waals surface area contributed by atoms with Crippen molar-refractivity contribution in [2.45, 2.75) is 11.4 Å². The molecule has 0 amide bonds. The fourth-order valence-electron chi connectivity index (χ4n) is 1.96. The lowest BCUT2D eigenvalue weighted by molar-refractivity contribution is 0.409. The summed E-state index contributed by atoms with van der Waals surface area (Å²) in [6.45, 7) is 0.0464. The highest BCUT2D eigenvalue weighted by molar-refractivity contribution is 7.89. The average molecular weight is 361 g/mol. The van der Waals surface area contributed by atoms with Crippen molar-refractivity contribution in [2.24, 2.45) is 0 Å². The first-order chi connectivity index (χ1) is 10.3. The van der Waals surface area contributed by atoms with Crippen LogP contribution in [-0.2, 0) is 16.6 Å². The maximum absolute atomic E-state index is 12.4. The van der Waals surface area contributed by atoms with Crippen LogP contribution in [0.1, 0.15) is 5.56 Å². The zero-order chi connectivity index (χ0) is 16.3. The molecule has 0 atom stereocenters. The molecular weight excluding hydrogens is 347 g/mol. The molecule has 0 saturated heterocycles. The maximum atomic E-state index is 12.4. The fourth-order valence-corrected chi connectivity index (χ4v) is 3.95. The quantitative estimate of drug-likeness (QED) is 0.802. The van der Waals surface area contributed by atoms with E-state index in [-0.39, 0.29) is 27.2 Å². The van der Waals surface area contributed by atoms with Gasteiger partial charge >= 0.3 is 0 Å². The van der Waals surface area contributed by atoms with E-state index in [4.69, 9.17) is 33.7 Å². The predicted molar refractivity (Wildman–Crippen MR) is 87.9 cm³/mol. The molecule has 2 aromatic carbocycles. The van der Waals surface area contributed by atoms with Gasteiger partial charge in [-0.15, -0.1) is 0 Å². The van der Waals surface area contributed by atoms with Crippen LogP contribution in [0.4, 0.5) is 5.69 Å². The van der Waals surface area contributed by atoms with Crippen LogP contribution in [0.5, 0.6) is 5.75 Å². The predicted octanol–water partition coefficient (Wildman–Crippen LogP) is 3.06. The van der Waals surface area contributed by atoms with E-state index < -0.39 is 10.0 Å². The number of nitrogen functional groups attached to an aromatic ring is 1. The lowest BCUT2D eigenvalue weighted by atomic mass is 10.2. The first-order valence-electron chi connectivity index (χ1n) is 6.21. The number of rotatable bonds is 5. The third-order valence-corrected chi connectivity index (χ3v) is 5.10. The third kappa shape index (κ3) is 3.64. The molecule has 0 radical (unpaired) electrons. The molecule has 2 aromatic rings. The third-order valence-electron chi connectivity index (χ3n) is 2.95. The maximum Gasteiger partial charge on any atom is 0.244 e. The van der Waals surface area contributed by atoms with E-state index >= 15 is 0 Å². The Morgan fingerprint density at radius 3 is 2.55 bits per heavy atom. The number of ether oxygens (including phenoxy) is 1. The SMILES string of the molecule is COc1ccccc1CNS(=O)(=O)c1c(N)cc(Cl)cc1Cl. The number of hydrogen-bond acceptors (Lipinski definition) is 4. The molecule has 0 aromatic heterocycles. The van der Waals surface area contributed by atoms with Crippen molar-refractivity contribution in [3.8, 4) is 5.75 Å². The van der Waals surface area contributed by atoms with Crippen molar-refractivity contribution in [3.63, 3.8) is 0 Å². The van der Waals surface area contributed by atoms with Gasteiger partial charge in [0, 0.05) is 17.1 Å². The summed E-state index contributed by atoms with van der Waals surface area (Å²) in [5.41, 5.74) is 6.40. The molecule has 5 nitrogen and oxygen atoms in total. The first kappa shape index (κ1) is 16.9. The highest BCUT2D eigenvalue weighted by Crippen LogP contribution is 2.31. The van der Waals surface area contributed by atoms with Crippen LogP contribution in [0.2, 0.25) is 10.0 Å². The van der Waals surface area contributed by atoms with Crippen molar-refractivity contribution in [2.75, 3.05) is 12.8 Å².